The van der Waals surface area contributed by atoms with Crippen molar-refractivity contribution in [1.82, 2.24) is 24.3 Å². The van der Waals surface area contributed by atoms with E-state index in [9.17, 15) is 14.4 Å². The molecule has 4 rings (SSSR count). The van der Waals surface area contributed by atoms with Crippen molar-refractivity contribution >= 4 is 34.7 Å². The Morgan fingerprint density at radius 3 is 2.67 bits per heavy atom. The third-order valence-corrected chi connectivity index (χ3v) is 7.72. The Bertz CT molecular complexity index is 1250. The molecule has 0 aliphatic carbocycles. The fraction of sp³-hybridized carbons (Fsp3) is 0.533. The van der Waals surface area contributed by atoms with Gasteiger partial charge in [-0.15, -0.1) is 0 Å². The number of fused-ring (bicyclic) bond motifs is 1. The third-order valence-electron chi connectivity index (χ3n) is 7.72. The van der Waals surface area contributed by atoms with Crippen LogP contribution in [-0.2, 0) is 14.4 Å². The van der Waals surface area contributed by atoms with Crippen LogP contribution in [0.4, 0.5) is 5.95 Å². The van der Waals surface area contributed by atoms with Gasteiger partial charge in [0.25, 0.3) is 0 Å². The zero-order chi connectivity index (χ0) is 28.1. The smallest absolute Gasteiger partial charge is 0.246 e. The van der Waals surface area contributed by atoms with Crippen LogP contribution in [0.15, 0.2) is 43.0 Å². The van der Waals surface area contributed by atoms with Gasteiger partial charge in [0, 0.05) is 38.8 Å². The fourth-order valence-electron chi connectivity index (χ4n) is 5.83. The number of aryl methyl sites for hydroxylation is 1. The van der Waals surface area contributed by atoms with Gasteiger partial charge in [0.1, 0.15) is 0 Å². The second-order valence-electron chi connectivity index (χ2n) is 11.3. The van der Waals surface area contributed by atoms with E-state index < -0.39 is 0 Å². The lowest BCUT2D eigenvalue weighted by Gasteiger charge is -2.35. The average Bonchev–Trinajstić information content (AvgIpc) is 3.09. The summed E-state index contributed by atoms with van der Waals surface area (Å²) in [4.78, 5) is 49.4. The molecule has 2 saturated heterocycles. The SMILES string of the molecule is C=CC(=O)N1CC(C)CC(C(=O)Nc2nc3cccc(C)c3n2[C@@H]2CCCCN(C(=O)/C=C/CN(C)C)C2)C1. The first-order valence-corrected chi connectivity index (χ1v) is 14.0. The molecule has 0 bridgehead atoms. The van der Waals surface area contributed by atoms with Crippen molar-refractivity contribution in [1.29, 1.82) is 0 Å². The molecule has 9 nitrogen and oxygen atoms in total. The summed E-state index contributed by atoms with van der Waals surface area (Å²) in [7, 11) is 3.95. The van der Waals surface area contributed by atoms with Crippen molar-refractivity contribution in [2.75, 3.05) is 52.1 Å². The quantitative estimate of drug-likeness (QED) is 0.548. The molecular weight excluding hydrogens is 492 g/mol. The molecule has 2 unspecified atom stereocenters. The van der Waals surface area contributed by atoms with Crippen LogP contribution in [0.3, 0.4) is 0 Å². The standard InChI is InChI=1S/C30H42N6O3/c1-6-26(37)35-18-21(2)17-23(19-35)29(39)32-30-31-25-13-9-11-22(3)28(25)36(30)24-12-7-8-16-34(20-24)27(38)14-10-15-33(4)5/h6,9-11,13-14,21,23-24H,1,7-8,12,15-20H2,2-5H3,(H,31,32,39)/b14-10+/t21?,23?,24-/m1/s1. The van der Waals surface area contributed by atoms with Gasteiger partial charge in [0.15, 0.2) is 0 Å². The number of aromatic nitrogens is 2. The predicted molar refractivity (Wildman–Crippen MR) is 154 cm³/mol. The number of rotatable bonds is 7. The van der Waals surface area contributed by atoms with Gasteiger partial charge >= 0.3 is 0 Å². The maximum Gasteiger partial charge on any atom is 0.246 e. The number of hydrogen-bond donors (Lipinski definition) is 1. The topological polar surface area (TPSA) is 90.8 Å². The van der Waals surface area contributed by atoms with Crippen molar-refractivity contribution in [2.45, 2.75) is 45.6 Å². The fourth-order valence-corrected chi connectivity index (χ4v) is 5.83. The Balaban J connectivity index is 1.62. The number of carbonyl (C=O) groups is 3. The van der Waals surface area contributed by atoms with Gasteiger partial charge in [-0.05, 0) is 70.3 Å². The Labute approximate surface area is 231 Å². The van der Waals surface area contributed by atoms with E-state index in [1.807, 2.05) is 42.1 Å². The number of benzene rings is 1. The Kier molecular flexibility index (Phi) is 9.22. The second kappa shape index (κ2) is 12.6. The summed E-state index contributed by atoms with van der Waals surface area (Å²) in [5.74, 6) is 0.114. The second-order valence-corrected chi connectivity index (χ2v) is 11.3. The summed E-state index contributed by atoms with van der Waals surface area (Å²) < 4.78 is 2.14. The van der Waals surface area contributed by atoms with E-state index in [1.165, 1.54) is 6.08 Å². The van der Waals surface area contributed by atoms with E-state index in [4.69, 9.17) is 4.98 Å². The van der Waals surface area contributed by atoms with Gasteiger partial charge in [0.05, 0.1) is 23.0 Å². The molecule has 210 valence electrons. The van der Waals surface area contributed by atoms with Gasteiger partial charge < -0.3 is 19.3 Å². The first-order chi connectivity index (χ1) is 18.7. The van der Waals surface area contributed by atoms with Gasteiger partial charge in [-0.2, -0.15) is 0 Å². The molecule has 3 amide bonds. The molecule has 39 heavy (non-hydrogen) atoms. The molecule has 1 aromatic carbocycles. The van der Waals surface area contributed by atoms with E-state index in [0.29, 0.717) is 45.1 Å². The lowest BCUT2D eigenvalue weighted by atomic mass is 9.89. The van der Waals surface area contributed by atoms with Crippen LogP contribution in [0.2, 0.25) is 0 Å². The number of amides is 3. The number of piperidine rings is 1. The molecule has 1 aromatic heterocycles. The number of anilines is 1. The number of nitrogens with one attached hydrogen (secondary N) is 1. The molecule has 2 aliphatic heterocycles. The number of hydrogen-bond acceptors (Lipinski definition) is 5. The zero-order valence-electron chi connectivity index (χ0n) is 23.7. The van der Waals surface area contributed by atoms with Gasteiger partial charge in [0.2, 0.25) is 23.7 Å². The largest absolute Gasteiger partial charge is 0.338 e. The van der Waals surface area contributed by atoms with E-state index in [2.05, 4.69) is 36.4 Å². The summed E-state index contributed by atoms with van der Waals surface area (Å²) in [6.07, 6.45) is 8.38. The molecule has 0 saturated carbocycles. The minimum Gasteiger partial charge on any atom is -0.338 e. The van der Waals surface area contributed by atoms with Crippen LogP contribution in [-0.4, -0.2) is 88.8 Å². The van der Waals surface area contributed by atoms with Crippen molar-refractivity contribution in [2.24, 2.45) is 11.8 Å². The van der Waals surface area contributed by atoms with Gasteiger partial charge in [-0.3, -0.25) is 19.7 Å². The van der Waals surface area contributed by atoms with Gasteiger partial charge in [-0.1, -0.05) is 31.7 Å². The minimum atomic E-state index is -0.332. The van der Waals surface area contributed by atoms with Crippen LogP contribution in [0.25, 0.3) is 11.0 Å². The lowest BCUT2D eigenvalue weighted by molar-refractivity contribution is -0.131. The van der Waals surface area contributed by atoms with Crippen molar-refractivity contribution in [3.8, 4) is 0 Å². The van der Waals surface area contributed by atoms with Crippen molar-refractivity contribution in [3.63, 3.8) is 0 Å². The molecule has 0 spiro atoms. The predicted octanol–water partition coefficient (Wildman–Crippen LogP) is 3.63. The molecule has 0 radical (unpaired) electrons. The van der Waals surface area contributed by atoms with E-state index in [0.717, 1.165) is 35.9 Å². The van der Waals surface area contributed by atoms with Crippen LogP contribution in [0, 0.1) is 18.8 Å². The minimum absolute atomic E-state index is 0.0126. The molecule has 3 atom stereocenters. The summed E-state index contributed by atoms with van der Waals surface area (Å²) >= 11 is 0. The average molecular weight is 535 g/mol. The Morgan fingerprint density at radius 1 is 1.13 bits per heavy atom. The summed E-state index contributed by atoms with van der Waals surface area (Å²) in [5, 5.41) is 3.13. The first kappa shape index (κ1) is 28.5. The summed E-state index contributed by atoms with van der Waals surface area (Å²) in [6, 6.07) is 5.97. The number of likely N-dealkylation sites (N-methyl/N-ethyl adjacent to an activating group) is 1. The highest BCUT2D eigenvalue weighted by Crippen LogP contribution is 2.33. The van der Waals surface area contributed by atoms with E-state index >= 15 is 0 Å². The molecule has 3 heterocycles. The molecule has 2 aliphatic rings. The van der Waals surface area contributed by atoms with Crippen LogP contribution in [0.1, 0.15) is 44.2 Å². The van der Waals surface area contributed by atoms with Gasteiger partial charge in [-0.25, -0.2) is 4.98 Å². The molecular formula is C30H42N6O3. The molecule has 9 heteroatoms. The summed E-state index contributed by atoms with van der Waals surface area (Å²) in [6.45, 7) is 10.7. The first-order valence-electron chi connectivity index (χ1n) is 14.0. The van der Waals surface area contributed by atoms with E-state index in [-0.39, 0.29) is 35.6 Å². The zero-order valence-corrected chi connectivity index (χ0v) is 23.7. The highest BCUT2D eigenvalue weighted by molar-refractivity contribution is 5.95. The third kappa shape index (κ3) is 6.76. The normalized spacial score (nSPS) is 22.3. The number of carbonyl (C=O) groups excluding carboxylic acids is 3. The van der Waals surface area contributed by atoms with E-state index in [1.54, 1.807) is 11.0 Å². The Morgan fingerprint density at radius 2 is 1.92 bits per heavy atom. The number of imidazole rings is 1. The molecule has 2 fully saturated rings. The number of nitrogens with zero attached hydrogens (tertiary/aromatic N) is 5. The van der Waals surface area contributed by atoms with Crippen molar-refractivity contribution in [3.05, 3.63) is 48.6 Å². The number of likely N-dealkylation sites (tertiary alicyclic amines) is 2. The van der Waals surface area contributed by atoms with Crippen molar-refractivity contribution < 1.29 is 14.4 Å². The monoisotopic (exact) mass is 534 g/mol. The Hall–Kier alpha value is -3.46. The van der Waals surface area contributed by atoms with Crippen LogP contribution < -0.4 is 5.32 Å². The lowest BCUT2D eigenvalue weighted by Crippen LogP contribution is -2.46. The van der Waals surface area contributed by atoms with Crippen LogP contribution in [0.5, 0.6) is 0 Å². The summed E-state index contributed by atoms with van der Waals surface area (Å²) in [5.41, 5.74) is 2.87. The maximum atomic E-state index is 13.6. The molecule has 2 aromatic rings. The highest BCUT2D eigenvalue weighted by atomic mass is 16.2. The highest BCUT2D eigenvalue weighted by Gasteiger charge is 2.33. The van der Waals surface area contributed by atoms with Crippen LogP contribution >= 0.6 is 0 Å². The molecule has 1 N–H and O–H groups in total. The maximum absolute atomic E-state index is 13.6. The number of para-hydroxylation sites is 1.